The lowest BCUT2D eigenvalue weighted by Crippen LogP contribution is -2.39. The first-order valence-corrected chi connectivity index (χ1v) is 9.34. The SMILES string of the molecule is O=S(=O)(C1CCCCC1)N1CCC(Oc2cccc(F)n2)C1. The largest absolute Gasteiger partial charge is 0.473 e. The number of pyridine rings is 1. The van der Waals surface area contributed by atoms with E-state index < -0.39 is 16.0 Å². The van der Waals surface area contributed by atoms with Gasteiger partial charge in [-0.2, -0.15) is 13.7 Å². The monoisotopic (exact) mass is 328 g/mol. The Morgan fingerprint density at radius 1 is 1.18 bits per heavy atom. The maximum atomic E-state index is 13.1. The van der Waals surface area contributed by atoms with Gasteiger partial charge < -0.3 is 4.74 Å². The average molecular weight is 328 g/mol. The number of halogens is 1. The van der Waals surface area contributed by atoms with Crippen LogP contribution in [-0.4, -0.2) is 42.2 Å². The molecule has 0 bridgehead atoms. The summed E-state index contributed by atoms with van der Waals surface area (Å²) in [6, 6.07) is 4.37. The number of ether oxygens (including phenoxy) is 1. The molecule has 122 valence electrons. The van der Waals surface area contributed by atoms with Gasteiger partial charge in [0.05, 0.1) is 11.8 Å². The third-order valence-electron chi connectivity index (χ3n) is 4.42. The van der Waals surface area contributed by atoms with E-state index in [2.05, 4.69) is 4.98 Å². The Morgan fingerprint density at radius 2 is 1.95 bits per heavy atom. The molecule has 0 radical (unpaired) electrons. The highest BCUT2D eigenvalue weighted by molar-refractivity contribution is 7.89. The first-order chi connectivity index (χ1) is 10.6. The van der Waals surface area contributed by atoms with E-state index in [9.17, 15) is 12.8 Å². The van der Waals surface area contributed by atoms with Crippen LogP contribution in [0, 0.1) is 5.95 Å². The van der Waals surface area contributed by atoms with Gasteiger partial charge in [-0.15, -0.1) is 0 Å². The van der Waals surface area contributed by atoms with Gasteiger partial charge >= 0.3 is 0 Å². The fraction of sp³-hybridized carbons (Fsp3) is 0.667. The van der Waals surface area contributed by atoms with Crippen LogP contribution in [0.4, 0.5) is 4.39 Å². The van der Waals surface area contributed by atoms with Crippen molar-refractivity contribution in [3.8, 4) is 5.88 Å². The summed E-state index contributed by atoms with van der Waals surface area (Å²) in [6.07, 6.45) is 4.99. The van der Waals surface area contributed by atoms with Gasteiger partial charge in [-0.1, -0.05) is 25.3 Å². The van der Waals surface area contributed by atoms with E-state index in [-0.39, 0.29) is 17.2 Å². The maximum Gasteiger partial charge on any atom is 0.217 e. The van der Waals surface area contributed by atoms with Crippen LogP contribution in [0.15, 0.2) is 18.2 Å². The van der Waals surface area contributed by atoms with Crippen molar-refractivity contribution < 1.29 is 17.5 Å². The van der Waals surface area contributed by atoms with Crippen LogP contribution in [0.2, 0.25) is 0 Å². The minimum Gasteiger partial charge on any atom is -0.473 e. The number of aromatic nitrogens is 1. The van der Waals surface area contributed by atoms with E-state index in [1.807, 2.05) is 0 Å². The lowest BCUT2D eigenvalue weighted by Gasteiger charge is -2.26. The molecular formula is C15H21FN2O3S. The second-order valence-electron chi connectivity index (χ2n) is 5.99. The van der Waals surface area contributed by atoms with Crippen LogP contribution in [-0.2, 0) is 10.0 Å². The second-order valence-corrected chi connectivity index (χ2v) is 8.20. The number of sulfonamides is 1. The molecule has 1 aliphatic carbocycles. The van der Waals surface area contributed by atoms with E-state index in [0.717, 1.165) is 32.1 Å². The number of hydrogen-bond donors (Lipinski definition) is 0. The Hall–Kier alpha value is -1.21. The zero-order valence-electron chi connectivity index (χ0n) is 12.4. The number of nitrogens with zero attached hydrogens (tertiary/aromatic N) is 2. The Labute approximate surface area is 130 Å². The normalized spacial score (nSPS) is 24.5. The van der Waals surface area contributed by atoms with Crippen molar-refractivity contribution in [3.05, 3.63) is 24.1 Å². The van der Waals surface area contributed by atoms with Gasteiger partial charge in [-0.3, -0.25) is 0 Å². The summed E-state index contributed by atoms with van der Waals surface area (Å²) >= 11 is 0. The summed E-state index contributed by atoms with van der Waals surface area (Å²) in [6.45, 7) is 0.801. The van der Waals surface area contributed by atoms with Gasteiger partial charge in [-0.05, 0) is 25.3 Å². The molecule has 1 atom stereocenters. The van der Waals surface area contributed by atoms with E-state index in [4.69, 9.17) is 4.74 Å². The van der Waals surface area contributed by atoms with E-state index in [1.54, 1.807) is 6.07 Å². The molecule has 7 heteroatoms. The first kappa shape index (κ1) is 15.7. The standard InChI is InChI=1S/C15H21FN2O3S/c16-14-7-4-8-15(17-14)21-12-9-10-18(11-12)22(19,20)13-5-2-1-3-6-13/h4,7-8,12-13H,1-3,5-6,9-11H2. The van der Waals surface area contributed by atoms with Gasteiger partial charge in [0, 0.05) is 12.6 Å². The molecule has 1 saturated heterocycles. The molecule has 5 nitrogen and oxygen atoms in total. The summed E-state index contributed by atoms with van der Waals surface area (Å²) in [5, 5.41) is -0.243. The van der Waals surface area contributed by atoms with Crippen molar-refractivity contribution in [2.45, 2.75) is 49.9 Å². The molecule has 2 aliphatic rings. The Morgan fingerprint density at radius 3 is 2.68 bits per heavy atom. The topological polar surface area (TPSA) is 59.5 Å². The molecule has 22 heavy (non-hydrogen) atoms. The summed E-state index contributed by atoms with van der Waals surface area (Å²) in [4.78, 5) is 3.66. The first-order valence-electron chi connectivity index (χ1n) is 7.84. The molecule has 3 rings (SSSR count). The lowest BCUT2D eigenvalue weighted by atomic mass is 10.0. The smallest absolute Gasteiger partial charge is 0.217 e. The van der Waals surface area contributed by atoms with Crippen molar-refractivity contribution in [2.24, 2.45) is 0 Å². The zero-order chi connectivity index (χ0) is 15.6. The minimum absolute atomic E-state index is 0.210. The van der Waals surface area contributed by atoms with Crippen LogP contribution < -0.4 is 4.74 Å². The highest BCUT2D eigenvalue weighted by atomic mass is 32.2. The molecule has 0 aromatic carbocycles. The van der Waals surface area contributed by atoms with Crippen LogP contribution in [0.25, 0.3) is 0 Å². The molecule has 0 amide bonds. The van der Waals surface area contributed by atoms with Gasteiger partial charge in [0.25, 0.3) is 0 Å². The molecule has 1 unspecified atom stereocenters. The van der Waals surface area contributed by atoms with Crippen LogP contribution in [0.1, 0.15) is 38.5 Å². The predicted molar refractivity (Wildman–Crippen MR) is 80.6 cm³/mol. The molecular weight excluding hydrogens is 307 g/mol. The van der Waals surface area contributed by atoms with Gasteiger partial charge in [-0.25, -0.2) is 8.42 Å². The fourth-order valence-electron chi connectivity index (χ4n) is 3.22. The summed E-state index contributed by atoms with van der Waals surface area (Å²) in [5.74, 6) is -0.385. The Balaban J connectivity index is 1.62. The molecule has 1 aromatic rings. The zero-order valence-corrected chi connectivity index (χ0v) is 13.3. The van der Waals surface area contributed by atoms with E-state index in [0.29, 0.717) is 19.5 Å². The average Bonchev–Trinajstić information content (AvgIpc) is 2.97. The minimum atomic E-state index is -3.24. The van der Waals surface area contributed by atoms with Crippen molar-refractivity contribution in [1.82, 2.24) is 9.29 Å². The molecule has 1 aromatic heterocycles. The third kappa shape index (κ3) is 3.41. The van der Waals surface area contributed by atoms with Gasteiger partial charge in [0.1, 0.15) is 6.10 Å². The van der Waals surface area contributed by atoms with Crippen molar-refractivity contribution in [3.63, 3.8) is 0 Å². The quantitative estimate of drug-likeness (QED) is 0.796. The molecule has 0 spiro atoms. The fourth-order valence-corrected chi connectivity index (χ4v) is 5.31. The van der Waals surface area contributed by atoms with Gasteiger partial charge in [0.15, 0.2) is 0 Å². The maximum absolute atomic E-state index is 13.1. The Bertz CT molecular complexity index is 617. The second kappa shape index (κ2) is 6.50. The molecule has 2 heterocycles. The number of rotatable bonds is 4. The summed E-state index contributed by atoms with van der Waals surface area (Å²) in [5.41, 5.74) is 0. The van der Waals surface area contributed by atoms with Gasteiger partial charge in [0.2, 0.25) is 21.9 Å². The molecule has 2 fully saturated rings. The van der Waals surface area contributed by atoms with Crippen molar-refractivity contribution in [1.29, 1.82) is 0 Å². The summed E-state index contributed by atoms with van der Waals surface area (Å²) in [7, 11) is -3.24. The van der Waals surface area contributed by atoms with Crippen LogP contribution in [0.3, 0.4) is 0 Å². The summed E-state index contributed by atoms with van der Waals surface area (Å²) < 4.78 is 45.5. The van der Waals surface area contributed by atoms with E-state index in [1.165, 1.54) is 16.4 Å². The third-order valence-corrected chi connectivity index (χ3v) is 6.78. The lowest BCUT2D eigenvalue weighted by molar-refractivity contribution is 0.204. The predicted octanol–water partition coefficient (Wildman–Crippen LogP) is 2.34. The highest BCUT2D eigenvalue weighted by Crippen LogP contribution is 2.29. The van der Waals surface area contributed by atoms with Crippen LogP contribution in [0.5, 0.6) is 5.88 Å². The molecule has 0 N–H and O–H groups in total. The van der Waals surface area contributed by atoms with Crippen molar-refractivity contribution >= 4 is 10.0 Å². The van der Waals surface area contributed by atoms with E-state index >= 15 is 0 Å². The highest BCUT2D eigenvalue weighted by Gasteiger charge is 2.38. The number of hydrogen-bond acceptors (Lipinski definition) is 4. The van der Waals surface area contributed by atoms with Crippen molar-refractivity contribution in [2.75, 3.05) is 13.1 Å². The molecule has 1 aliphatic heterocycles. The van der Waals surface area contributed by atoms with Crippen LogP contribution >= 0.6 is 0 Å². The molecule has 1 saturated carbocycles. The Kier molecular flexibility index (Phi) is 4.63.